The van der Waals surface area contributed by atoms with Gasteiger partial charge in [0.1, 0.15) is 0 Å². The summed E-state index contributed by atoms with van der Waals surface area (Å²) < 4.78 is 1.88. The second-order valence-electron chi connectivity index (χ2n) is 5.73. The van der Waals surface area contributed by atoms with Crippen LogP contribution in [0.1, 0.15) is 38.7 Å². The fourth-order valence-electron chi connectivity index (χ4n) is 2.98. The van der Waals surface area contributed by atoms with E-state index in [1.54, 1.807) is 0 Å². The summed E-state index contributed by atoms with van der Waals surface area (Å²) in [5, 5.41) is 17.8. The van der Waals surface area contributed by atoms with Gasteiger partial charge in [-0.3, -0.25) is 14.6 Å². The van der Waals surface area contributed by atoms with Crippen LogP contribution in [0.4, 0.5) is 0 Å². The lowest BCUT2D eigenvalue weighted by molar-refractivity contribution is 0.0948. The van der Waals surface area contributed by atoms with Gasteiger partial charge in [0.05, 0.1) is 5.69 Å². The van der Waals surface area contributed by atoms with Crippen LogP contribution in [-0.2, 0) is 26.4 Å². The number of aryl methyl sites for hydroxylation is 2. The lowest BCUT2D eigenvalue weighted by Crippen LogP contribution is -2.29. The van der Waals surface area contributed by atoms with Crippen molar-refractivity contribution in [2.75, 3.05) is 13.1 Å². The standard InChI is InChI=1S/C15H22N6O/c1-9-11(10(2)21(3)20-9)4-7-17-15(22)14-12-8-16-6-5-13(12)18-19-14/h16H,4-8H2,1-3H3,(H,17,22)(H,18,19). The van der Waals surface area contributed by atoms with E-state index in [-0.39, 0.29) is 5.91 Å². The number of rotatable bonds is 4. The first-order valence-corrected chi connectivity index (χ1v) is 7.62. The van der Waals surface area contributed by atoms with Crippen LogP contribution in [0, 0.1) is 13.8 Å². The highest BCUT2D eigenvalue weighted by Gasteiger charge is 2.21. The minimum absolute atomic E-state index is 0.111. The van der Waals surface area contributed by atoms with E-state index in [0.29, 0.717) is 18.8 Å². The van der Waals surface area contributed by atoms with Gasteiger partial charge in [0.15, 0.2) is 5.69 Å². The normalized spacial score (nSPS) is 14.0. The van der Waals surface area contributed by atoms with Gasteiger partial charge in [0, 0.05) is 50.1 Å². The molecule has 0 bridgehead atoms. The molecule has 3 heterocycles. The molecule has 3 N–H and O–H groups in total. The molecule has 0 spiro atoms. The number of fused-ring (bicyclic) bond motifs is 1. The molecule has 7 nitrogen and oxygen atoms in total. The van der Waals surface area contributed by atoms with Gasteiger partial charge in [-0.1, -0.05) is 0 Å². The summed E-state index contributed by atoms with van der Waals surface area (Å²) in [6.07, 6.45) is 1.67. The molecule has 1 aliphatic heterocycles. The predicted molar refractivity (Wildman–Crippen MR) is 82.7 cm³/mol. The van der Waals surface area contributed by atoms with Crippen molar-refractivity contribution >= 4 is 5.91 Å². The van der Waals surface area contributed by atoms with Crippen molar-refractivity contribution in [2.45, 2.75) is 33.2 Å². The fraction of sp³-hybridized carbons (Fsp3) is 0.533. The van der Waals surface area contributed by atoms with Crippen molar-refractivity contribution in [1.82, 2.24) is 30.6 Å². The van der Waals surface area contributed by atoms with Crippen LogP contribution in [0.5, 0.6) is 0 Å². The number of nitrogens with zero attached hydrogens (tertiary/aromatic N) is 3. The summed E-state index contributed by atoms with van der Waals surface area (Å²) in [4.78, 5) is 12.3. The molecule has 0 atom stereocenters. The molecule has 1 aliphatic rings. The van der Waals surface area contributed by atoms with E-state index in [0.717, 1.165) is 42.0 Å². The zero-order chi connectivity index (χ0) is 15.7. The number of hydrogen-bond donors (Lipinski definition) is 3. The number of nitrogens with one attached hydrogen (secondary N) is 3. The monoisotopic (exact) mass is 302 g/mol. The zero-order valence-electron chi connectivity index (χ0n) is 13.3. The maximum atomic E-state index is 12.3. The lowest BCUT2D eigenvalue weighted by atomic mass is 10.1. The van der Waals surface area contributed by atoms with Gasteiger partial charge in [-0.2, -0.15) is 10.2 Å². The average Bonchev–Trinajstić information content (AvgIpc) is 3.03. The van der Waals surface area contributed by atoms with Gasteiger partial charge < -0.3 is 10.6 Å². The second-order valence-corrected chi connectivity index (χ2v) is 5.73. The van der Waals surface area contributed by atoms with Gasteiger partial charge in [-0.05, 0) is 25.8 Å². The van der Waals surface area contributed by atoms with Gasteiger partial charge in [-0.15, -0.1) is 0 Å². The highest BCUT2D eigenvalue weighted by molar-refractivity contribution is 5.94. The Labute approximate surface area is 129 Å². The molecule has 0 aliphatic carbocycles. The van der Waals surface area contributed by atoms with Gasteiger partial charge >= 0.3 is 0 Å². The molecule has 0 saturated carbocycles. The Kier molecular flexibility index (Phi) is 3.98. The highest BCUT2D eigenvalue weighted by atomic mass is 16.1. The molecule has 22 heavy (non-hydrogen) atoms. The third-order valence-corrected chi connectivity index (χ3v) is 4.34. The molecule has 118 valence electrons. The number of H-pyrrole nitrogens is 1. The van der Waals surface area contributed by atoms with Gasteiger partial charge in [0.2, 0.25) is 0 Å². The lowest BCUT2D eigenvalue weighted by Gasteiger charge is -2.12. The third kappa shape index (κ3) is 2.64. The molecule has 2 aromatic rings. The molecule has 2 aromatic heterocycles. The highest BCUT2D eigenvalue weighted by Crippen LogP contribution is 2.15. The molecular formula is C15H22N6O. The quantitative estimate of drug-likeness (QED) is 0.762. The van der Waals surface area contributed by atoms with E-state index in [9.17, 15) is 4.79 Å². The molecule has 0 aromatic carbocycles. The number of aromatic nitrogens is 4. The number of carbonyl (C=O) groups is 1. The Hall–Kier alpha value is -2.15. The van der Waals surface area contributed by atoms with E-state index in [1.807, 2.05) is 25.6 Å². The minimum atomic E-state index is -0.111. The molecule has 0 radical (unpaired) electrons. The number of aromatic amines is 1. The average molecular weight is 302 g/mol. The summed E-state index contributed by atoms with van der Waals surface area (Å²) >= 11 is 0. The number of amides is 1. The first kappa shape index (κ1) is 14.8. The van der Waals surface area contributed by atoms with E-state index in [4.69, 9.17) is 0 Å². The maximum Gasteiger partial charge on any atom is 0.272 e. The zero-order valence-corrected chi connectivity index (χ0v) is 13.3. The molecule has 0 fully saturated rings. The summed E-state index contributed by atoms with van der Waals surface area (Å²) in [6.45, 7) is 6.26. The predicted octanol–water partition coefficient (Wildman–Crippen LogP) is 0.378. The van der Waals surface area contributed by atoms with Crippen LogP contribution in [0.15, 0.2) is 0 Å². The first-order valence-electron chi connectivity index (χ1n) is 7.62. The summed E-state index contributed by atoms with van der Waals surface area (Å²) in [5.41, 5.74) is 5.96. The van der Waals surface area contributed by atoms with Crippen molar-refractivity contribution < 1.29 is 4.79 Å². The summed E-state index contributed by atoms with van der Waals surface area (Å²) in [6, 6.07) is 0. The Balaban J connectivity index is 1.62. The second kappa shape index (κ2) is 5.92. The molecular weight excluding hydrogens is 280 g/mol. The van der Waals surface area contributed by atoms with E-state index >= 15 is 0 Å². The summed E-state index contributed by atoms with van der Waals surface area (Å²) in [7, 11) is 1.94. The Morgan fingerprint density at radius 3 is 2.95 bits per heavy atom. The van der Waals surface area contributed by atoms with Crippen molar-refractivity contribution in [2.24, 2.45) is 7.05 Å². The molecule has 0 unspecified atom stereocenters. The molecule has 7 heteroatoms. The molecule has 0 saturated heterocycles. The Morgan fingerprint density at radius 2 is 2.23 bits per heavy atom. The maximum absolute atomic E-state index is 12.3. The fourth-order valence-corrected chi connectivity index (χ4v) is 2.98. The minimum Gasteiger partial charge on any atom is -0.350 e. The van der Waals surface area contributed by atoms with Crippen molar-refractivity contribution in [3.05, 3.63) is 33.9 Å². The largest absolute Gasteiger partial charge is 0.350 e. The summed E-state index contributed by atoms with van der Waals surface area (Å²) in [5.74, 6) is -0.111. The van der Waals surface area contributed by atoms with Crippen molar-refractivity contribution in [1.29, 1.82) is 0 Å². The van der Waals surface area contributed by atoms with Gasteiger partial charge in [-0.25, -0.2) is 0 Å². The van der Waals surface area contributed by atoms with Gasteiger partial charge in [0.25, 0.3) is 5.91 Å². The smallest absolute Gasteiger partial charge is 0.272 e. The Bertz CT molecular complexity index is 699. The van der Waals surface area contributed by atoms with Crippen molar-refractivity contribution in [3.63, 3.8) is 0 Å². The van der Waals surface area contributed by atoms with Crippen LogP contribution in [0.3, 0.4) is 0 Å². The Morgan fingerprint density at radius 1 is 1.41 bits per heavy atom. The SMILES string of the molecule is Cc1nn(C)c(C)c1CCNC(=O)c1n[nH]c2c1CNCC2. The van der Waals surface area contributed by atoms with Crippen LogP contribution < -0.4 is 10.6 Å². The first-order chi connectivity index (χ1) is 10.6. The van der Waals surface area contributed by atoms with E-state index < -0.39 is 0 Å². The van der Waals surface area contributed by atoms with Crippen LogP contribution in [-0.4, -0.2) is 39.0 Å². The third-order valence-electron chi connectivity index (χ3n) is 4.34. The number of hydrogen-bond acceptors (Lipinski definition) is 4. The molecule has 1 amide bonds. The van der Waals surface area contributed by atoms with Crippen molar-refractivity contribution in [3.8, 4) is 0 Å². The topological polar surface area (TPSA) is 87.6 Å². The van der Waals surface area contributed by atoms with Crippen LogP contribution >= 0.6 is 0 Å². The van der Waals surface area contributed by atoms with E-state index in [1.165, 1.54) is 5.56 Å². The molecule has 3 rings (SSSR count). The number of carbonyl (C=O) groups excluding carboxylic acids is 1. The van der Waals surface area contributed by atoms with Crippen LogP contribution in [0.25, 0.3) is 0 Å². The van der Waals surface area contributed by atoms with E-state index in [2.05, 4.69) is 25.9 Å². The van der Waals surface area contributed by atoms with Crippen LogP contribution in [0.2, 0.25) is 0 Å².